The van der Waals surface area contributed by atoms with E-state index in [9.17, 15) is 4.79 Å². The summed E-state index contributed by atoms with van der Waals surface area (Å²) in [5, 5.41) is 0. The number of ether oxygens (including phenoxy) is 1. The average molecular weight is 495 g/mol. The van der Waals surface area contributed by atoms with E-state index >= 15 is 0 Å². The lowest BCUT2D eigenvalue weighted by molar-refractivity contribution is -0.139. The van der Waals surface area contributed by atoms with Crippen molar-refractivity contribution in [3.63, 3.8) is 0 Å². The predicted octanol–water partition coefficient (Wildman–Crippen LogP) is 4.69. The minimum Gasteiger partial charge on any atom is -0.462 e. The summed E-state index contributed by atoms with van der Waals surface area (Å²) < 4.78 is 37.7. The highest BCUT2D eigenvalue weighted by Gasteiger charge is 2.37. The summed E-state index contributed by atoms with van der Waals surface area (Å²) in [4.78, 5) is 11.1. The third-order valence-electron chi connectivity index (χ3n) is 4.22. The van der Waals surface area contributed by atoms with E-state index in [2.05, 4.69) is 19.6 Å². The second-order valence-electron chi connectivity index (χ2n) is 6.76. The molecule has 0 unspecified atom stereocenters. The van der Waals surface area contributed by atoms with E-state index in [4.69, 9.17) is 31.3 Å². The van der Waals surface area contributed by atoms with Crippen LogP contribution in [0.1, 0.15) is 60.3 Å². The fourth-order valence-electron chi connectivity index (χ4n) is 2.56. The largest absolute Gasteiger partial charge is 0.529 e. The van der Waals surface area contributed by atoms with E-state index in [1.54, 1.807) is 28.3 Å². The van der Waals surface area contributed by atoms with Crippen LogP contribution in [0, 0.1) is 0 Å². The summed E-state index contributed by atoms with van der Waals surface area (Å²) >= 11 is 0. The Hall–Kier alpha value is -0.856. The van der Waals surface area contributed by atoms with Gasteiger partial charge in [-0.05, 0) is 46.2 Å². The first-order chi connectivity index (χ1) is 15.3. The average Bonchev–Trinajstić information content (AvgIpc) is 2.78. The number of allylic oxidation sites excluding steroid dienone is 1. The van der Waals surface area contributed by atoms with Crippen LogP contribution >= 0.6 is 0 Å². The number of rotatable bonds is 18. The Balaban J connectivity index is 0. The lowest BCUT2D eigenvalue weighted by Gasteiger charge is -2.25. The molecule has 0 rings (SSSR count). The summed E-state index contributed by atoms with van der Waals surface area (Å²) in [5.74, 6) is -0.375. The predicted molar refractivity (Wildman–Crippen MR) is 131 cm³/mol. The Morgan fingerprint density at radius 2 is 1.38 bits per heavy atom. The number of hydrogen-bond donors (Lipinski definition) is 0. The van der Waals surface area contributed by atoms with Gasteiger partial charge in [-0.15, -0.1) is 0 Å². The maximum Gasteiger partial charge on any atom is 0.529 e. The van der Waals surface area contributed by atoms with Crippen LogP contribution in [0.3, 0.4) is 0 Å². The maximum atomic E-state index is 11.1. The Kier molecular flexibility index (Phi) is 21.6. The highest BCUT2D eigenvalue weighted by molar-refractivity contribution is 6.66. The molecule has 0 aromatic heterocycles. The second-order valence-corrected chi connectivity index (χ2v) is 12.3. The second kappa shape index (κ2) is 20.7. The first kappa shape index (κ1) is 33.3. The number of esters is 1. The molecule has 0 aliphatic heterocycles. The molecule has 0 fully saturated rings. The zero-order valence-electron chi connectivity index (χ0n) is 21.5. The summed E-state index contributed by atoms with van der Waals surface area (Å²) in [5.41, 5.74) is 2.42. The zero-order valence-corrected chi connectivity index (χ0v) is 23.5. The van der Waals surface area contributed by atoms with Crippen molar-refractivity contribution in [3.05, 3.63) is 23.9 Å². The fraction of sp³-hybridized carbons (Fsp3) is 0.773. The monoisotopic (exact) mass is 494 g/mol. The third-order valence-corrected chi connectivity index (χ3v) is 9.77. The molecule has 0 spiro atoms. The first-order valence-electron chi connectivity index (χ1n) is 11.3. The molecule has 0 radical (unpaired) electrons. The Bertz CT molecular complexity index is 485. The molecule has 0 amide bonds. The van der Waals surface area contributed by atoms with Crippen molar-refractivity contribution >= 4 is 23.6 Å². The molecular formula is C22H46O8Si2. The third kappa shape index (κ3) is 15.1. The van der Waals surface area contributed by atoms with Crippen molar-refractivity contribution in [2.45, 2.75) is 66.3 Å². The van der Waals surface area contributed by atoms with Crippen molar-refractivity contribution in [3.8, 4) is 0 Å². The van der Waals surface area contributed by atoms with E-state index in [1.165, 1.54) is 12.8 Å². The van der Waals surface area contributed by atoms with Crippen LogP contribution in [-0.2, 0) is 36.1 Å². The molecule has 10 heteroatoms. The van der Waals surface area contributed by atoms with Gasteiger partial charge in [0.05, 0.1) is 6.61 Å². The normalized spacial score (nSPS) is 11.9. The summed E-state index contributed by atoms with van der Waals surface area (Å²) in [6, 6.07) is 0.611. The van der Waals surface area contributed by atoms with Gasteiger partial charge >= 0.3 is 23.6 Å². The maximum absolute atomic E-state index is 11.1. The molecule has 0 saturated heterocycles. The minimum atomic E-state index is -2.53. The van der Waals surface area contributed by atoms with Gasteiger partial charge in [-0.25, -0.2) is 4.79 Å². The molecule has 32 heavy (non-hydrogen) atoms. The summed E-state index contributed by atoms with van der Waals surface area (Å²) in [7, 11) is -0.392. The SMILES string of the molecule is C=C(C)C(=O)OCCC[Si](OC)(OC)OC.CCCCC=C[Si](OCC)(OCC)OCC. The minimum absolute atomic E-state index is 0.316. The van der Waals surface area contributed by atoms with Crippen LogP contribution in [0.25, 0.3) is 0 Å². The quantitative estimate of drug-likeness (QED) is 0.117. The smallest absolute Gasteiger partial charge is 0.462 e. The number of carbonyl (C=O) groups is 1. The van der Waals surface area contributed by atoms with Crippen LogP contribution < -0.4 is 0 Å². The lowest BCUT2D eigenvalue weighted by atomic mass is 10.2. The Morgan fingerprint density at radius 3 is 1.75 bits per heavy atom. The Morgan fingerprint density at radius 1 is 0.875 bits per heavy atom. The topological polar surface area (TPSA) is 81.7 Å². The van der Waals surface area contributed by atoms with Crippen molar-refractivity contribution in [2.75, 3.05) is 47.8 Å². The van der Waals surface area contributed by atoms with Crippen LogP contribution in [0.4, 0.5) is 0 Å². The lowest BCUT2D eigenvalue weighted by Crippen LogP contribution is -2.44. The zero-order chi connectivity index (χ0) is 24.9. The first-order valence-corrected chi connectivity index (χ1v) is 15.1. The highest BCUT2D eigenvalue weighted by atomic mass is 28.4. The van der Waals surface area contributed by atoms with Gasteiger partial charge in [-0.2, -0.15) is 0 Å². The van der Waals surface area contributed by atoms with E-state index in [0.717, 1.165) is 6.42 Å². The van der Waals surface area contributed by atoms with Gasteiger partial charge in [0.2, 0.25) is 0 Å². The van der Waals surface area contributed by atoms with Crippen LogP contribution in [0.2, 0.25) is 6.04 Å². The van der Waals surface area contributed by atoms with Gasteiger partial charge in [-0.1, -0.05) is 32.4 Å². The molecule has 0 N–H and O–H groups in total. The molecule has 0 saturated carbocycles. The molecular weight excluding hydrogens is 448 g/mol. The van der Waals surface area contributed by atoms with Crippen molar-refractivity contribution in [2.24, 2.45) is 0 Å². The van der Waals surface area contributed by atoms with Crippen molar-refractivity contribution in [1.29, 1.82) is 0 Å². The molecule has 0 aromatic carbocycles. The molecule has 0 aliphatic rings. The molecule has 190 valence electrons. The van der Waals surface area contributed by atoms with Crippen LogP contribution in [0.5, 0.6) is 0 Å². The Labute approximate surface area is 197 Å². The van der Waals surface area contributed by atoms with E-state index < -0.39 is 17.6 Å². The van der Waals surface area contributed by atoms with Gasteiger partial charge in [0, 0.05) is 52.8 Å². The standard InChI is InChI=1S/C12H26O3Si.C10H20O5Si/c1-5-9-10-11-12-16(13-6-2,14-7-3)15-8-4;1-9(2)10(11)15-7-6-8-16(12-3,13-4)14-5/h11-12H,5-10H2,1-4H3;1,6-8H2,2-5H3. The van der Waals surface area contributed by atoms with Gasteiger partial charge in [-0.3, -0.25) is 0 Å². The number of unbranched alkanes of at least 4 members (excludes halogenated alkanes) is 2. The molecule has 0 heterocycles. The van der Waals surface area contributed by atoms with Crippen molar-refractivity contribution < 1.29 is 36.1 Å². The number of hydrogen-bond acceptors (Lipinski definition) is 8. The fourth-order valence-corrected chi connectivity index (χ4v) is 6.45. The molecule has 0 atom stereocenters. The van der Waals surface area contributed by atoms with Crippen LogP contribution in [0.15, 0.2) is 23.9 Å². The van der Waals surface area contributed by atoms with E-state index in [1.807, 2.05) is 26.5 Å². The number of carbonyl (C=O) groups excluding carboxylic acids is 1. The molecule has 0 bridgehead atoms. The van der Waals surface area contributed by atoms with E-state index in [-0.39, 0.29) is 5.97 Å². The summed E-state index contributed by atoms with van der Waals surface area (Å²) in [6.45, 7) is 15.4. The molecule has 0 aromatic rings. The van der Waals surface area contributed by atoms with Gasteiger partial charge in [0.1, 0.15) is 0 Å². The van der Waals surface area contributed by atoms with E-state index in [0.29, 0.717) is 44.5 Å². The highest BCUT2D eigenvalue weighted by Crippen LogP contribution is 2.15. The summed E-state index contributed by atoms with van der Waals surface area (Å²) in [6.07, 6.45) is 6.25. The molecule has 0 aliphatic carbocycles. The molecule has 8 nitrogen and oxygen atoms in total. The van der Waals surface area contributed by atoms with Crippen LogP contribution in [-0.4, -0.2) is 71.3 Å². The van der Waals surface area contributed by atoms with Gasteiger partial charge < -0.3 is 31.3 Å². The van der Waals surface area contributed by atoms with Crippen molar-refractivity contribution in [1.82, 2.24) is 0 Å². The van der Waals surface area contributed by atoms with Gasteiger partial charge in [0.25, 0.3) is 0 Å². The van der Waals surface area contributed by atoms with Gasteiger partial charge in [0.15, 0.2) is 0 Å².